The summed E-state index contributed by atoms with van der Waals surface area (Å²) in [6.45, 7) is 3.24. The van der Waals surface area contributed by atoms with Crippen LogP contribution < -0.4 is 10.5 Å². The molecule has 0 atom stereocenters. The zero-order valence-electron chi connectivity index (χ0n) is 11.4. The first-order valence-corrected chi connectivity index (χ1v) is 7.53. The number of nitrogens with two attached hydrogens (primary N) is 1. The Morgan fingerprint density at radius 2 is 1.76 bits per heavy atom. The average Bonchev–Trinajstić information content (AvgIpc) is 2.37. The van der Waals surface area contributed by atoms with Crippen LogP contribution in [0.3, 0.4) is 0 Å². The molecule has 0 fully saturated rings. The molecule has 0 aliphatic carbocycles. The highest BCUT2D eigenvalue weighted by Gasteiger charge is 2.20. The van der Waals surface area contributed by atoms with E-state index in [0.717, 1.165) is 18.2 Å². The lowest BCUT2D eigenvalue weighted by Gasteiger charge is -2.13. The van der Waals surface area contributed by atoms with E-state index in [1.165, 1.54) is 6.07 Å². The zero-order chi connectivity index (χ0) is 15.8. The summed E-state index contributed by atoms with van der Waals surface area (Å²) in [5.41, 5.74) is 6.61. The summed E-state index contributed by atoms with van der Waals surface area (Å²) in [5.74, 6) is -1.60. The highest BCUT2D eigenvalue weighted by molar-refractivity contribution is 7.92. The molecule has 21 heavy (non-hydrogen) atoms. The number of hydrogen-bond acceptors (Lipinski definition) is 3. The molecule has 0 bridgehead atoms. The second kappa shape index (κ2) is 5.33. The number of sulfonamides is 1. The van der Waals surface area contributed by atoms with Crippen molar-refractivity contribution in [1.82, 2.24) is 0 Å². The molecular formula is C14H14F2N2O2S. The van der Waals surface area contributed by atoms with Gasteiger partial charge < -0.3 is 5.73 Å². The molecule has 0 saturated heterocycles. The predicted molar refractivity (Wildman–Crippen MR) is 77.5 cm³/mol. The molecule has 0 aliphatic heterocycles. The Morgan fingerprint density at radius 1 is 1.10 bits per heavy atom. The number of hydrogen-bond donors (Lipinski definition) is 2. The Kier molecular flexibility index (Phi) is 3.87. The molecule has 3 N–H and O–H groups in total. The summed E-state index contributed by atoms with van der Waals surface area (Å²) in [4.78, 5) is -0.0661. The molecule has 0 radical (unpaired) electrons. The number of nitrogen functional groups attached to an aromatic ring is 1. The van der Waals surface area contributed by atoms with Crippen molar-refractivity contribution in [1.29, 1.82) is 0 Å². The van der Waals surface area contributed by atoms with Gasteiger partial charge in [-0.2, -0.15) is 0 Å². The summed E-state index contributed by atoms with van der Waals surface area (Å²) < 4.78 is 53.4. The minimum Gasteiger partial charge on any atom is -0.398 e. The van der Waals surface area contributed by atoms with Crippen molar-refractivity contribution in [2.75, 3.05) is 10.5 Å². The second-order valence-corrected chi connectivity index (χ2v) is 6.36. The third-order valence-corrected chi connectivity index (χ3v) is 4.50. The van der Waals surface area contributed by atoms with Gasteiger partial charge in [-0.3, -0.25) is 4.72 Å². The van der Waals surface area contributed by atoms with E-state index in [1.54, 1.807) is 19.9 Å². The Hall–Kier alpha value is -2.15. The molecule has 7 heteroatoms. The van der Waals surface area contributed by atoms with E-state index in [4.69, 9.17) is 5.73 Å². The fourth-order valence-electron chi connectivity index (χ4n) is 1.91. The number of benzene rings is 2. The smallest absolute Gasteiger partial charge is 0.262 e. The number of aryl methyl sites for hydroxylation is 1. The maximum Gasteiger partial charge on any atom is 0.262 e. The molecule has 4 nitrogen and oxygen atoms in total. The van der Waals surface area contributed by atoms with E-state index in [9.17, 15) is 17.2 Å². The van der Waals surface area contributed by atoms with Gasteiger partial charge in [0.25, 0.3) is 10.0 Å². The summed E-state index contributed by atoms with van der Waals surface area (Å²) in [5, 5.41) is 0. The van der Waals surface area contributed by atoms with Gasteiger partial charge in [-0.05, 0) is 49.2 Å². The molecule has 0 aromatic heterocycles. The van der Waals surface area contributed by atoms with Crippen LogP contribution in [0.2, 0.25) is 0 Å². The first-order chi connectivity index (χ1) is 9.70. The van der Waals surface area contributed by atoms with Gasteiger partial charge in [-0.25, -0.2) is 17.2 Å². The van der Waals surface area contributed by atoms with Crippen LogP contribution in [0.15, 0.2) is 35.2 Å². The highest BCUT2D eigenvalue weighted by atomic mass is 32.2. The summed E-state index contributed by atoms with van der Waals surface area (Å²) in [6, 6.07) is 5.59. The van der Waals surface area contributed by atoms with Gasteiger partial charge in [-0.15, -0.1) is 0 Å². The molecule has 0 saturated carbocycles. The van der Waals surface area contributed by atoms with Crippen molar-refractivity contribution in [3.63, 3.8) is 0 Å². The molecule has 0 amide bonds. The molecular weight excluding hydrogens is 298 g/mol. The monoisotopic (exact) mass is 312 g/mol. The first kappa shape index (κ1) is 15.2. The SMILES string of the molecule is Cc1cc(N)c(C)c(S(=O)(=O)Nc2cc(F)ccc2F)c1. The van der Waals surface area contributed by atoms with E-state index in [1.807, 2.05) is 4.72 Å². The van der Waals surface area contributed by atoms with E-state index in [2.05, 4.69) is 0 Å². The minimum absolute atomic E-state index is 0.0661. The molecule has 0 aliphatic rings. The van der Waals surface area contributed by atoms with Crippen LogP contribution in [0.5, 0.6) is 0 Å². The zero-order valence-corrected chi connectivity index (χ0v) is 12.3. The van der Waals surface area contributed by atoms with Gasteiger partial charge in [0.15, 0.2) is 0 Å². The molecule has 2 rings (SSSR count). The predicted octanol–water partition coefficient (Wildman–Crippen LogP) is 2.96. The van der Waals surface area contributed by atoms with Crippen LogP contribution in [-0.2, 0) is 10.0 Å². The van der Waals surface area contributed by atoms with E-state index >= 15 is 0 Å². The van der Waals surface area contributed by atoms with Crippen LogP contribution in [0, 0.1) is 25.5 Å². The number of anilines is 2. The third-order valence-electron chi connectivity index (χ3n) is 3.01. The Bertz CT molecular complexity index is 805. The van der Waals surface area contributed by atoms with Crippen LogP contribution in [0.25, 0.3) is 0 Å². The summed E-state index contributed by atoms with van der Waals surface area (Å²) >= 11 is 0. The minimum atomic E-state index is -4.06. The van der Waals surface area contributed by atoms with E-state index < -0.39 is 27.3 Å². The van der Waals surface area contributed by atoms with Crippen molar-refractivity contribution in [2.45, 2.75) is 18.7 Å². The average molecular weight is 312 g/mol. The van der Waals surface area contributed by atoms with E-state index in [-0.39, 0.29) is 4.90 Å². The van der Waals surface area contributed by atoms with Gasteiger partial charge >= 0.3 is 0 Å². The lowest BCUT2D eigenvalue weighted by molar-refractivity contribution is 0.594. The van der Waals surface area contributed by atoms with Crippen molar-refractivity contribution >= 4 is 21.4 Å². The fourth-order valence-corrected chi connectivity index (χ4v) is 3.32. The lowest BCUT2D eigenvalue weighted by Crippen LogP contribution is -2.16. The lowest BCUT2D eigenvalue weighted by atomic mass is 10.1. The highest BCUT2D eigenvalue weighted by Crippen LogP contribution is 2.26. The second-order valence-electron chi connectivity index (χ2n) is 4.71. The normalized spacial score (nSPS) is 11.4. The van der Waals surface area contributed by atoms with Gasteiger partial charge in [0.05, 0.1) is 10.6 Å². The molecule has 0 spiro atoms. The quantitative estimate of drug-likeness (QED) is 0.856. The van der Waals surface area contributed by atoms with Crippen molar-refractivity contribution in [3.05, 3.63) is 53.1 Å². The molecule has 112 valence electrons. The third kappa shape index (κ3) is 3.13. The van der Waals surface area contributed by atoms with Crippen molar-refractivity contribution in [3.8, 4) is 0 Å². The van der Waals surface area contributed by atoms with Gasteiger partial charge in [0, 0.05) is 11.8 Å². The largest absolute Gasteiger partial charge is 0.398 e. The van der Waals surface area contributed by atoms with Gasteiger partial charge in [-0.1, -0.05) is 0 Å². The Balaban J connectivity index is 2.51. The Labute approximate surface area is 121 Å². The Morgan fingerprint density at radius 3 is 2.43 bits per heavy atom. The number of halogens is 2. The maximum absolute atomic E-state index is 13.6. The molecule has 2 aromatic rings. The molecule has 2 aromatic carbocycles. The van der Waals surface area contributed by atoms with Gasteiger partial charge in [0.2, 0.25) is 0 Å². The van der Waals surface area contributed by atoms with Crippen molar-refractivity contribution < 1.29 is 17.2 Å². The van der Waals surface area contributed by atoms with Crippen LogP contribution in [-0.4, -0.2) is 8.42 Å². The summed E-state index contributed by atoms with van der Waals surface area (Å²) in [6.07, 6.45) is 0. The van der Waals surface area contributed by atoms with Gasteiger partial charge in [0.1, 0.15) is 11.6 Å². The fraction of sp³-hybridized carbons (Fsp3) is 0.143. The number of nitrogens with one attached hydrogen (secondary N) is 1. The molecule has 0 heterocycles. The molecule has 0 unspecified atom stereocenters. The van der Waals surface area contributed by atoms with Crippen LogP contribution in [0.1, 0.15) is 11.1 Å². The van der Waals surface area contributed by atoms with E-state index in [0.29, 0.717) is 16.8 Å². The van der Waals surface area contributed by atoms with Crippen molar-refractivity contribution in [2.24, 2.45) is 0 Å². The first-order valence-electron chi connectivity index (χ1n) is 6.05. The topological polar surface area (TPSA) is 72.2 Å². The summed E-state index contributed by atoms with van der Waals surface area (Å²) in [7, 11) is -4.06. The van der Waals surface area contributed by atoms with Crippen LogP contribution in [0.4, 0.5) is 20.2 Å². The number of rotatable bonds is 3. The van der Waals surface area contributed by atoms with Crippen LogP contribution >= 0.6 is 0 Å². The standard InChI is InChI=1S/C14H14F2N2O2S/c1-8-5-12(17)9(2)14(6-8)21(19,20)18-13-7-10(15)3-4-11(13)16/h3-7,18H,17H2,1-2H3. The maximum atomic E-state index is 13.6.